The van der Waals surface area contributed by atoms with E-state index in [1.54, 1.807) is 0 Å². The lowest BCUT2D eigenvalue weighted by atomic mass is 9.98. The van der Waals surface area contributed by atoms with E-state index in [9.17, 15) is 0 Å². The van der Waals surface area contributed by atoms with E-state index in [0.29, 0.717) is 25.0 Å². The van der Waals surface area contributed by atoms with Crippen LogP contribution < -0.4 is 0 Å². The molecule has 20 heavy (non-hydrogen) atoms. The molecular weight excluding hydrogens is 248 g/mol. The summed E-state index contributed by atoms with van der Waals surface area (Å²) in [5, 5.41) is 17.7. The third kappa shape index (κ3) is 16.0. The second-order valence-corrected chi connectivity index (χ2v) is 5.93. The first-order chi connectivity index (χ1) is 9.69. The van der Waals surface area contributed by atoms with Crippen molar-refractivity contribution >= 4 is 0 Å². The third-order valence-corrected chi connectivity index (χ3v) is 3.97. The highest BCUT2D eigenvalue weighted by Crippen LogP contribution is 2.14. The molecule has 0 aliphatic heterocycles. The highest BCUT2D eigenvalue weighted by Gasteiger charge is 2.04. The quantitative estimate of drug-likeness (QED) is 0.486. The average Bonchev–Trinajstić information content (AvgIpc) is 2.48. The average molecular weight is 289 g/mol. The Labute approximate surface area is 128 Å². The van der Waals surface area contributed by atoms with Crippen LogP contribution in [0.3, 0.4) is 0 Å². The van der Waals surface area contributed by atoms with Gasteiger partial charge in [0.25, 0.3) is 0 Å². The van der Waals surface area contributed by atoms with Gasteiger partial charge in [-0.1, -0.05) is 72.6 Å². The Morgan fingerprint density at radius 1 is 0.600 bits per heavy atom. The van der Waals surface area contributed by atoms with Crippen molar-refractivity contribution in [2.45, 2.75) is 91.9 Å². The van der Waals surface area contributed by atoms with Gasteiger partial charge in [-0.05, 0) is 31.1 Å². The van der Waals surface area contributed by atoms with Gasteiger partial charge in [0.1, 0.15) is 0 Å². The number of aliphatic hydroxyl groups is 2. The monoisotopic (exact) mass is 288 g/mol. The van der Waals surface area contributed by atoms with E-state index in [1.165, 1.54) is 57.8 Å². The van der Waals surface area contributed by atoms with Gasteiger partial charge in [0.15, 0.2) is 0 Å². The second-order valence-electron chi connectivity index (χ2n) is 5.93. The minimum Gasteiger partial charge on any atom is -0.396 e. The molecule has 0 saturated heterocycles. The summed E-state index contributed by atoms with van der Waals surface area (Å²) in [6, 6.07) is 0. The van der Waals surface area contributed by atoms with Gasteiger partial charge in [-0.2, -0.15) is 0 Å². The molecule has 0 spiro atoms. The zero-order valence-corrected chi connectivity index (χ0v) is 14.5. The van der Waals surface area contributed by atoms with E-state index < -0.39 is 0 Å². The summed E-state index contributed by atoms with van der Waals surface area (Å²) in [6.07, 6.45) is 12.3. The number of hydrogen-bond donors (Lipinski definition) is 2. The summed E-state index contributed by atoms with van der Waals surface area (Å²) in [7, 11) is 0. The van der Waals surface area contributed by atoms with Gasteiger partial charge in [-0.3, -0.25) is 0 Å². The fourth-order valence-electron chi connectivity index (χ4n) is 2.34. The molecule has 0 fully saturated rings. The molecule has 0 aromatic rings. The second kappa shape index (κ2) is 18.9. The SMILES string of the molecule is CCCCC(CC)CO.CCCCCC(CO)CCC. The van der Waals surface area contributed by atoms with Gasteiger partial charge in [-0.25, -0.2) is 0 Å². The van der Waals surface area contributed by atoms with Crippen molar-refractivity contribution < 1.29 is 10.2 Å². The Kier molecular flexibility index (Phi) is 21.0. The molecule has 0 amide bonds. The van der Waals surface area contributed by atoms with E-state index in [4.69, 9.17) is 10.2 Å². The first kappa shape index (κ1) is 22.2. The van der Waals surface area contributed by atoms with Crippen LogP contribution in [0.4, 0.5) is 0 Å². The van der Waals surface area contributed by atoms with Crippen molar-refractivity contribution in [1.29, 1.82) is 0 Å². The lowest BCUT2D eigenvalue weighted by Crippen LogP contribution is -2.05. The molecule has 0 aromatic carbocycles. The van der Waals surface area contributed by atoms with E-state index in [1.807, 2.05) is 0 Å². The molecule has 0 aliphatic carbocycles. The first-order valence-corrected chi connectivity index (χ1v) is 8.91. The van der Waals surface area contributed by atoms with E-state index in [-0.39, 0.29) is 0 Å². The predicted octanol–water partition coefficient (Wildman–Crippen LogP) is 5.17. The fraction of sp³-hybridized carbons (Fsp3) is 1.00. The fourth-order valence-corrected chi connectivity index (χ4v) is 2.34. The van der Waals surface area contributed by atoms with Crippen LogP contribution in [0.1, 0.15) is 91.9 Å². The van der Waals surface area contributed by atoms with Crippen LogP contribution in [-0.2, 0) is 0 Å². The maximum atomic E-state index is 8.96. The Morgan fingerprint density at radius 2 is 1.15 bits per heavy atom. The molecule has 0 heterocycles. The van der Waals surface area contributed by atoms with Crippen molar-refractivity contribution in [2.75, 3.05) is 13.2 Å². The lowest BCUT2D eigenvalue weighted by molar-refractivity contribution is 0.207. The summed E-state index contributed by atoms with van der Waals surface area (Å²) in [6.45, 7) is 9.48. The molecule has 2 atom stereocenters. The molecule has 2 N–H and O–H groups in total. The van der Waals surface area contributed by atoms with Gasteiger partial charge in [0.05, 0.1) is 0 Å². The molecule has 0 bridgehead atoms. The Morgan fingerprint density at radius 3 is 1.55 bits per heavy atom. The third-order valence-electron chi connectivity index (χ3n) is 3.97. The van der Waals surface area contributed by atoms with Gasteiger partial charge in [-0.15, -0.1) is 0 Å². The zero-order valence-electron chi connectivity index (χ0n) is 14.5. The molecule has 124 valence electrons. The maximum absolute atomic E-state index is 8.96. The molecule has 0 radical (unpaired) electrons. The summed E-state index contributed by atoms with van der Waals surface area (Å²) in [4.78, 5) is 0. The lowest BCUT2D eigenvalue weighted by Gasteiger charge is -2.11. The standard InChI is InChI=1S/C10H22O.C8H18O/c1-3-5-6-8-10(9-11)7-4-2;1-3-5-6-8(4-2)7-9/h10-11H,3-9H2,1-2H3;8-9H,3-7H2,1-2H3. The molecule has 0 aliphatic rings. The van der Waals surface area contributed by atoms with Crippen LogP contribution >= 0.6 is 0 Å². The smallest absolute Gasteiger partial charge is 0.0459 e. The predicted molar refractivity (Wildman–Crippen MR) is 90.0 cm³/mol. The highest BCUT2D eigenvalue weighted by atomic mass is 16.3. The number of unbranched alkanes of at least 4 members (excludes halogenated alkanes) is 3. The Hall–Kier alpha value is -0.0800. The summed E-state index contributed by atoms with van der Waals surface area (Å²) in [5.74, 6) is 1.14. The molecule has 0 saturated carbocycles. The Balaban J connectivity index is 0. The van der Waals surface area contributed by atoms with E-state index in [0.717, 1.165) is 6.42 Å². The minimum absolute atomic E-state index is 0.372. The van der Waals surface area contributed by atoms with Gasteiger partial charge >= 0.3 is 0 Å². The number of hydrogen-bond acceptors (Lipinski definition) is 2. The number of aliphatic hydroxyl groups excluding tert-OH is 2. The maximum Gasteiger partial charge on any atom is 0.0459 e. The summed E-state index contributed by atoms with van der Waals surface area (Å²) >= 11 is 0. The zero-order chi connectivity index (χ0) is 15.6. The normalized spacial score (nSPS) is 13.5. The van der Waals surface area contributed by atoms with Crippen LogP contribution in [-0.4, -0.2) is 23.4 Å². The summed E-state index contributed by atoms with van der Waals surface area (Å²) in [5.41, 5.74) is 0. The molecule has 2 unspecified atom stereocenters. The van der Waals surface area contributed by atoms with Gasteiger partial charge in [0, 0.05) is 13.2 Å². The topological polar surface area (TPSA) is 40.5 Å². The van der Waals surface area contributed by atoms with Gasteiger partial charge in [0.2, 0.25) is 0 Å². The van der Waals surface area contributed by atoms with E-state index in [2.05, 4.69) is 27.7 Å². The van der Waals surface area contributed by atoms with Gasteiger partial charge < -0.3 is 10.2 Å². The molecule has 2 nitrogen and oxygen atoms in total. The van der Waals surface area contributed by atoms with E-state index >= 15 is 0 Å². The van der Waals surface area contributed by atoms with Crippen molar-refractivity contribution in [3.05, 3.63) is 0 Å². The van der Waals surface area contributed by atoms with Crippen LogP contribution in [0.15, 0.2) is 0 Å². The highest BCUT2D eigenvalue weighted by molar-refractivity contribution is 4.56. The molecular formula is C18H40O2. The molecule has 0 rings (SSSR count). The first-order valence-electron chi connectivity index (χ1n) is 8.91. The van der Waals surface area contributed by atoms with Crippen LogP contribution in [0.2, 0.25) is 0 Å². The van der Waals surface area contributed by atoms with Crippen LogP contribution in [0.25, 0.3) is 0 Å². The van der Waals surface area contributed by atoms with Crippen LogP contribution in [0.5, 0.6) is 0 Å². The van der Waals surface area contributed by atoms with Crippen molar-refractivity contribution in [1.82, 2.24) is 0 Å². The van der Waals surface area contributed by atoms with Crippen molar-refractivity contribution in [3.63, 3.8) is 0 Å². The van der Waals surface area contributed by atoms with Crippen LogP contribution in [0, 0.1) is 11.8 Å². The summed E-state index contributed by atoms with van der Waals surface area (Å²) < 4.78 is 0. The molecule has 2 heteroatoms. The number of rotatable bonds is 12. The largest absolute Gasteiger partial charge is 0.396 e. The molecule has 0 aromatic heterocycles. The van der Waals surface area contributed by atoms with Crippen molar-refractivity contribution in [3.8, 4) is 0 Å². The van der Waals surface area contributed by atoms with Crippen molar-refractivity contribution in [2.24, 2.45) is 11.8 Å². The minimum atomic E-state index is 0.372. The Bertz CT molecular complexity index is 155.